The van der Waals surface area contributed by atoms with E-state index >= 15 is 0 Å². The Morgan fingerprint density at radius 3 is 2.61 bits per heavy atom. The van der Waals surface area contributed by atoms with Crippen molar-refractivity contribution in [3.63, 3.8) is 0 Å². The SMILES string of the molecule is N=C(c1c(N)ncnc1NC1CCC(C=O)CC1)C1C=CC(OC2=CCCC=C2)=CC1. The van der Waals surface area contributed by atoms with E-state index in [4.69, 9.17) is 15.9 Å². The highest BCUT2D eigenvalue weighted by atomic mass is 16.5. The summed E-state index contributed by atoms with van der Waals surface area (Å²) in [4.78, 5) is 19.5. The van der Waals surface area contributed by atoms with Crippen molar-refractivity contribution in [3.8, 4) is 0 Å². The number of nitrogen functional groups attached to an aromatic ring is 1. The predicted molar refractivity (Wildman–Crippen MR) is 122 cm³/mol. The van der Waals surface area contributed by atoms with Gasteiger partial charge in [0.1, 0.15) is 35.8 Å². The highest BCUT2D eigenvalue weighted by Gasteiger charge is 2.26. The number of carbonyl (C=O) groups excluding carboxylic acids is 1. The fourth-order valence-corrected chi connectivity index (χ4v) is 4.24. The molecule has 1 aromatic heterocycles. The van der Waals surface area contributed by atoms with Crippen LogP contribution in [0.4, 0.5) is 11.6 Å². The minimum absolute atomic E-state index is 0.122. The Hall–Kier alpha value is -3.22. The molecule has 0 spiro atoms. The molecule has 3 aliphatic rings. The maximum absolute atomic E-state index is 11.0. The quantitative estimate of drug-likeness (QED) is 0.448. The number of nitrogens with one attached hydrogen (secondary N) is 2. The largest absolute Gasteiger partial charge is 0.458 e. The van der Waals surface area contributed by atoms with E-state index in [0.717, 1.165) is 56.3 Å². The van der Waals surface area contributed by atoms with Gasteiger partial charge in [-0.25, -0.2) is 9.97 Å². The van der Waals surface area contributed by atoms with Crippen molar-refractivity contribution in [2.75, 3.05) is 11.1 Å². The Bertz CT molecular complexity index is 955. The Kier molecular flexibility index (Phi) is 6.60. The van der Waals surface area contributed by atoms with E-state index in [-0.39, 0.29) is 17.9 Å². The normalized spacial score (nSPS) is 25.4. The predicted octanol–water partition coefficient (Wildman–Crippen LogP) is 4.31. The van der Waals surface area contributed by atoms with Crippen LogP contribution in [0.5, 0.6) is 0 Å². The van der Waals surface area contributed by atoms with E-state index in [1.807, 2.05) is 24.3 Å². The number of nitrogens with zero attached hydrogens (tertiary/aromatic N) is 2. The molecule has 1 atom stereocenters. The molecular weight excluding hydrogens is 390 g/mol. The first-order valence-electron chi connectivity index (χ1n) is 11.0. The number of hydrogen-bond acceptors (Lipinski definition) is 7. The molecule has 1 fully saturated rings. The van der Waals surface area contributed by atoms with Crippen molar-refractivity contribution in [2.45, 2.75) is 51.0 Å². The second kappa shape index (κ2) is 9.73. The van der Waals surface area contributed by atoms with Crippen LogP contribution in [0.25, 0.3) is 0 Å². The number of aldehydes is 1. The number of nitrogens with two attached hydrogens (primary N) is 1. The summed E-state index contributed by atoms with van der Waals surface area (Å²) >= 11 is 0. The van der Waals surface area contributed by atoms with Crippen LogP contribution >= 0.6 is 0 Å². The molecule has 3 aliphatic carbocycles. The number of hydrogen-bond donors (Lipinski definition) is 3. The van der Waals surface area contributed by atoms with Gasteiger partial charge in [-0.2, -0.15) is 0 Å². The van der Waals surface area contributed by atoms with Gasteiger partial charge in [0, 0.05) is 17.9 Å². The van der Waals surface area contributed by atoms with Crippen molar-refractivity contribution in [1.82, 2.24) is 9.97 Å². The van der Waals surface area contributed by atoms with Gasteiger partial charge in [0.15, 0.2) is 0 Å². The third kappa shape index (κ3) is 5.10. The summed E-state index contributed by atoms with van der Waals surface area (Å²) in [5, 5.41) is 12.3. The topological polar surface area (TPSA) is 114 Å². The Morgan fingerprint density at radius 1 is 1.13 bits per heavy atom. The molecule has 1 unspecified atom stereocenters. The number of allylic oxidation sites excluding steroid dienone is 6. The zero-order chi connectivity index (χ0) is 21.6. The molecule has 162 valence electrons. The molecule has 1 saturated carbocycles. The molecule has 31 heavy (non-hydrogen) atoms. The zero-order valence-corrected chi connectivity index (χ0v) is 17.6. The van der Waals surface area contributed by atoms with Crippen LogP contribution in [0.1, 0.15) is 50.5 Å². The molecule has 0 radical (unpaired) electrons. The first-order chi connectivity index (χ1) is 15.1. The standard InChI is InChI=1S/C24H29N5O2/c25-22(17-8-12-20(13-9-17)31-19-4-2-1-3-5-19)21-23(26)27-15-28-24(21)29-18-10-6-16(14-30)7-11-18/h2,4-5,8,12-18,25H,1,3,6-7,9-11H2,(H3,26,27,28,29). The summed E-state index contributed by atoms with van der Waals surface area (Å²) in [6.45, 7) is 0. The lowest BCUT2D eigenvalue weighted by Gasteiger charge is -2.28. The van der Waals surface area contributed by atoms with Crippen LogP contribution in [0.2, 0.25) is 0 Å². The summed E-state index contributed by atoms with van der Waals surface area (Å²) in [5.41, 5.74) is 7.13. The third-order valence-electron chi connectivity index (χ3n) is 6.08. The van der Waals surface area contributed by atoms with Crippen molar-refractivity contribution in [2.24, 2.45) is 11.8 Å². The van der Waals surface area contributed by atoms with Gasteiger partial charge in [0.25, 0.3) is 0 Å². The number of anilines is 2. The van der Waals surface area contributed by atoms with Gasteiger partial charge in [-0.05, 0) is 69.2 Å². The number of aromatic nitrogens is 2. The molecule has 1 aromatic rings. The number of carbonyl (C=O) groups is 1. The van der Waals surface area contributed by atoms with E-state index in [1.165, 1.54) is 6.33 Å². The highest BCUT2D eigenvalue weighted by Crippen LogP contribution is 2.30. The van der Waals surface area contributed by atoms with Gasteiger partial charge in [0.05, 0.1) is 11.3 Å². The van der Waals surface area contributed by atoms with Crippen LogP contribution in [0.15, 0.2) is 54.3 Å². The Morgan fingerprint density at radius 2 is 1.94 bits per heavy atom. The molecule has 4 N–H and O–H groups in total. The lowest BCUT2D eigenvalue weighted by atomic mass is 9.86. The molecule has 4 rings (SSSR count). The van der Waals surface area contributed by atoms with Gasteiger partial charge in [-0.15, -0.1) is 0 Å². The molecule has 0 amide bonds. The summed E-state index contributed by atoms with van der Waals surface area (Å²) < 4.78 is 5.92. The second-order valence-corrected chi connectivity index (χ2v) is 8.28. The lowest BCUT2D eigenvalue weighted by molar-refractivity contribution is -0.111. The second-order valence-electron chi connectivity index (χ2n) is 8.28. The number of rotatable bonds is 7. The maximum atomic E-state index is 11.0. The fourth-order valence-electron chi connectivity index (χ4n) is 4.24. The van der Waals surface area contributed by atoms with Crippen molar-refractivity contribution < 1.29 is 9.53 Å². The molecule has 7 nitrogen and oxygen atoms in total. The van der Waals surface area contributed by atoms with Gasteiger partial charge in [0.2, 0.25) is 0 Å². The van der Waals surface area contributed by atoms with E-state index in [2.05, 4.69) is 27.4 Å². The average molecular weight is 420 g/mol. The van der Waals surface area contributed by atoms with Crippen molar-refractivity contribution in [1.29, 1.82) is 5.41 Å². The van der Waals surface area contributed by atoms with Crippen molar-refractivity contribution >= 4 is 23.6 Å². The van der Waals surface area contributed by atoms with Gasteiger partial charge >= 0.3 is 0 Å². The summed E-state index contributed by atoms with van der Waals surface area (Å²) in [6.07, 6.45) is 20.8. The molecule has 0 saturated heterocycles. The smallest absolute Gasteiger partial charge is 0.140 e. The monoisotopic (exact) mass is 419 g/mol. The Balaban J connectivity index is 1.43. The van der Waals surface area contributed by atoms with Crippen LogP contribution < -0.4 is 11.1 Å². The van der Waals surface area contributed by atoms with Crippen LogP contribution in [-0.4, -0.2) is 28.0 Å². The molecular formula is C24H29N5O2. The van der Waals surface area contributed by atoms with Crippen LogP contribution in [0.3, 0.4) is 0 Å². The van der Waals surface area contributed by atoms with Gasteiger partial charge in [-0.1, -0.05) is 12.2 Å². The first-order valence-corrected chi connectivity index (χ1v) is 11.0. The lowest BCUT2D eigenvalue weighted by Crippen LogP contribution is -2.29. The summed E-state index contributed by atoms with van der Waals surface area (Å²) in [6, 6.07) is 0.218. The van der Waals surface area contributed by atoms with Crippen molar-refractivity contribution in [3.05, 3.63) is 59.9 Å². The first kappa shape index (κ1) is 21.0. The molecule has 0 bridgehead atoms. The highest BCUT2D eigenvalue weighted by molar-refractivity contribution is 6.08. The van der Waals surface area contributed by atoms with E-state index in [9.17, 15) is 4.79 Å². The minimum atomic E-state index is -0.122. The molecule has 1 heterocycles. The summed E-state index contributed by atoms with van der Waals surface area (Å²) in [5.74, 6) is 2.60. The molecule has 0 aliphatic heterocycles. The number of ether oxygens (including phenoxy) is 1. The third-order valence-corrected chi connectivity index (χ3v) is 6.08. The van der Waals surface area contributed by atoms with Crippen LogP contribution in [0, 0.1) is 17.2 Å². The van der Waals surface area contributed by atoms with Crippen LogP contribution in [-0.2, 0) is 9.53 Å². The fraction of sp³-hybridized carbons (Fsp3) is 0.417. The Labute approximate surface area is 182 Å². The minimum Gasteiger partial charge on any atom is -0.458 e. The molecule has 0 aromatic carbocycles. The van der Waals surface area contributed by atoms with E-state index in [1.54, 1.807) is 0 Å². The zero-order valence-electron chi connectivity index (χ0n) is 17.6. The van der Waals surface area contributed by atoms with E-state index in [0.29, 0.717) is 29.3 Å². The average Bonchev–Trinajstić information content (AvgIpc) is 2.80. The van der Waals surface area contributed by atoms with E-state index < -0.39 is 0 Å². The van der Waals surface area contributed by atoms with Gasteiger partial charge < -0.3 is 26.0 Å². The maximum Gasteiger partial charge on any atom is 0.140 e. The summed E-state index contributed by atoms with van der Waals surface area (Å²) in [7, 11) is 0. The molecule has 7 heteroatoms. The van der Waals surface area contributed by atoms with Gasteiger partial charge in [-0.3, -0.25) is 0 Å².